The zero-order chi connectivity index (χ0) is 17.8. The van der Waals surface area contributed by atoms with Crippen molar-refractivity contribution in [3.05, 3.63) is 63.3 Å². The minimum absolute atomic E-state index is 0.104. The van der Waals surface area contributed by atoms with Crippen LogP contribution in [0.2, 0.25) is 0 Å². The molecule has 0 aliphatic rings. The van der Waals surface area contributed by atoms with Gasteiger partial charge >= 0.3 is 5.95 Å². The second-order valence-electron chi connectivity index (χ2n) is 5.40. The predicted molar refractivity (Wildman–Crippen MR) is 92.4 cm³/mol. The largest absolute Gasteiger partial charge is 0.502 e. The first-order valence-corrected chi connectivity index (χ1v) is 8.39. The lowest BCUT2D eigenvalue weighted by molar-refractivity contribution is 0.297. The summed E-state index contributed by atoms with van der Waals surface area (Å²) in [6, 6.07) is 10.3. The Hall–Kier alpha value is -2.91. The highest BCUT2D eigenvalue weighted by Crippen LogP contribution is 2.40. The van der Waals surface area contributed by atoms with Crippen molar-refractivity contribution >= 4 is 11.3 Å². The van der Waals surface area contributed by atoms with Crippen LogP contribution in [-0.4, -0.2) is 15.3 Å². The molecular formula is C19H15FO4S. The van der Waals surface area contributed by atoms with Gasteiger partial charge < -0.3 is 19.7 Å². The van der Waals surface area contributed by atoms with Gasteiger partial charge in [0.05, 0.1) is 4.88 Å². The van der Waals surface area contributed by atoms with E-state index in [1.807, 2.05) is 12.1 Å². The molecule has 0 bridgehead atoms. The lowest BCUT2D eigenvalue weighted by atomic mass is 10.1. The number of hydrogen-bond acceptors (Lipinski definition) is 5. The van der Waals surface area contributed by atoms with Crippen LogP contribution in [0.1, 0.15) is 27.5 Å². The molecule has 128 valence electrons. The van der Waals surface area contributed by atoms with E-state index in [1.165, 1.54) is 12.1 Å². The first-order valence-electron chi connectivity index (χ1n) is 7.57. The van der Waals surface area contributed by atoms with Crippen LogP contribution in [-0.2, 0) is 12.8 Å². The molecule has 0 aliphatic carbocycles. The summed E-state index contributed by atoms with van der Waals surface area (Å²) in [5, 5.41) is 27.9. The topological polar surface area (TPSA) is 73.8 Å². The molecule has 0 unspecified atom stereocenters. The maximum atomic E-state index is 12.9. The monoisotopic (exact) mass is 358 g/mol. The summed E-state index contributed by atoms with van der Waals surface area (Å²) >= 11 is 1.57. The van der Waals surface area contributed by atoms with Crippen LogP contribution in [0.4, 0.5) is 4.39 Å². The van der Waals surface area contributed by atoms with E-state index in [0.717, 1.165) is 21.7 Å². The molecule has 3 rings (SSSR count). The number of hydrogen-bond donors (Lipinski definition) is 3. The first-order chi connectivity index (χ1) is 12.0. The van der Waals surface area contributed by atoms with Crippen LogP contribution in [0.25, 0.3) is 0 Å². The van der Waals surface area contributed by atoms with Crippen LogP contribution in [0, 0.1) is 17.7 Å². The Bertz CT molecular complexity index is 929. The molecule has 0 atom stereocenters. The second-order valence-corrected chi connectivity index (χ2v) is 6.57. The molecule has 1 aromatic carbocycles. The Balaban J connectivity index is 1.57. The van der Waals surface area contributed by atoms with Crippen molar-refractivity contribution < 1.29 is 24.1 Å². The fourth-order valence-corrected chi connectivity index (χ4v) is 3.20. The normalized spacial score (nSPS) is 10.4. The van der Waals surface area contributed by atoms with Gasteiger partial charge in [-0.3, -0.25) is 0 Å². The van der Waals surface area contributed by atoms with Gasteiger partial charge in [-0.05, 0) is 29.8 Å². The van der Waals surface area contributed by atoms with E-state index >= 15 is 0 Å². The van der Waals surface area contributed by atoms with E-state index in [4.69, 9.17) is 9.52 Å². The van der Waals surface area contributed by atoms with Crippen molar-refractivity contribution in [3.8, 4) is 29.3 Å². The third-order valence-electron chi connectivity index (χ3n) is 3.55. The summed E-state index contributed by atoms with van der Waals surface area (Å²) in [5.41, 5.74) is 1.04. The van der Waals surface area contributed by atoms with Gasteiger partial charge in [0, 0.05) is 24.1 Å². The maximum absolute atomic E-state index is 12.9. The third kappa shape index (κ3) is 4.14. The summed E-state index contributed by atoms with van der Waals surface area (Å²) in [6.45, 7) is 0. The molecule has 0 saturated carbocycles. The number of aryl methyl sites for hydroxylation is 1. The zero-order valence-electron chi connectivity index (χ0n) is 13.1. The molecule has 2 heterocycles. The van der Waals surface area contributed by atoms with Crippen LogP contribution in [0.3, 0.4) is 0 Å². The van der Waals surface area contributed by atoms with Crippen molar-refractivity contribution in [2.75, 3.05) is 0 Å². The quantitative estimate of drug-likeness (QED) is 0.612. The molecule has 25 heavy (non-hydrogen) atoms. The Morgan fingerprint density at radius 2 is 1.76 bits per heavy atom. The summed E-state index contributed by atoms with van der Waals surface area (Å²) in [5.74, 6) is 4.07. The minimum Gasteiger partial charge on any atom is -0.502 e. The molecular weight excluding hydrogens is 343 g/mol. The molecule has 3 N–H and O–H groups in total. The number of furan rings is 1. The average molecular weight is 358 g/mol. The average Bonchev–Trinajstić information content (AvgIpc) is 3.14. The van der Waals surface area contributed by atoms with E-state index in [2.05, 4.69) is 11.8 Å². The minimum atomic E-state index is -0.691. The van der Waals surface area contributed by atoms with Crippen molar-refractivity contribution in [2.45, 2.75) is 19.3 Å². The summed E-state index contributed by atoms with van der Waals surface area (Å²) in [4.78, 5) is 2.04. The van der Waals surface area contributed by atoms with E-state index in [1.54, 1.807) is 23.5 Å². The Labute approximate surface area is 147 Å². The number of thiophene rings is 1. The molecule has 2 aromatic heterocycles. The molecule has 0 spiro atoms. The molecule has 3 aromatic rings. The standard InChI is InChI=1S/C19H15FO4S/c20-13-7-5-12(6-8-13)11-15-10-9-14(25-15)3-1-2-4-16-17(21)18(22)19(23)24-16/h5-10,21-23H,2,4,11H2. The van der Waals surface area contributed by atoms with E-state index in [9.17, 15) is 14.6 Å². The van der Waals surface area contributed by atoms with Crippen molar-refractivity contribution in [1.29, 1.82) is 0 Å². The highest BCUT2D eigenvalue weighted by atomic mass is 32.1. The van der Waals surface area contributed by atoms with Gasteiger partial charge in [-0.25, -0.2) is 4.39 Å². The van der Waals surface area contributed by atoms with Gasteiger partial charge in [0.2, 0.25) is 11.5 Å². The number of aromatic hydroxyl groups is 3. The van der Waals surface area contributed by atoms with Crippen molar-refractivity contribution in [3.63, 3.8) is 0 Å². The lowest BCUT2D eigenvalue weighted by Gasteiger charge is -1.97. The SMILES string of the molecule is Oc1oc(CCC#Cc2ccc(Cc3ccc(F)cc3)s2)c(O)c1O. The van der Waals surface area contributed by atoms with Gasteiger partial charge in [-0.1, -0.05) is 24.0 Å². The fourth-order valence-electron chi connectivity index (χ4n) is 2.29. The zero-order valence-corrected chi connectivity index (χ0v) is 13.9. The van der Waals surface area contributed by atoms with Gasteiger partial charge in [-0.2, -0.15) is 0 Å². The molecule has 0 fully saturated rings. The van der Waals surface area contributed by atoms with Crippen LogP contribution in [0.5, 0.6) is 17.4 Å². The van der Waals surface area contributed by atoms with Crippen molar-refractivity contribution in [2.24, 2.45) is 0 Å². The second kappa shape index (κ2) is 7.32. The van der Waals surface area contributed by atoms with Gasteiger partial charge in [-0.15, -0.1) is 11.3 Å². The molecule has 4 nitrogen and oxygen atoms in total. The molecule has 6 heteroatoms. The predicted octanol–water partition coefficient (Wildman–Crippen LogP) is 4.17. The Morgan fingerprint density at radius 3 is 2.44 bits per heavy atom. The van der Waals surface area contributed by atoms with E-state index in [0.29, 0.717) is 6.42 Å². The Morgan fingerprint density at radius 1 is 1.00 bits per heavy atom. The molecule has 0 aliphatic heterocycles. The van der Waals surface area contributed by atoms with Crippen molar-refractivity contribution in [1.82, 2.24) is 0 Å². The number of halogens is 1. The van der Waals surface area contributed by atoms with Crippen LogP contribution < -0.4 is 0 Å². The Kier molecular flexibility index (Phi) is 4.96. The van der Waals surface area contributed by atoms with E-state index in [-0.39, 0.29) is 18.0 Å². The van der Waals surface area contributed by atoms with Gasteiger partial charge in [0.1, 0.15) is 5.82 Å². The maximum Gasteiger partial charge on any atom is 0.330 e. The number of benzene rings is 1. The lowest BCUT2D eigenvalue weighted by Crippen LogP contribution is -1.84. The summed E-state index contributed by atoms with van der Waals surface area (Å²) < 4.78 is 17.7. The van der Waals surface area contributed by atoms with Crippen LogP contribution in [0.15, 0.2) is 40.8 Å². The van der Waals surface area contributed by atoms with E-state index < -0.39 is 17.4 Å². The van der Waals surface area contributed by atoms with Crippen LogP contribution >= 0.6 is 11.3 Å². The highest BCUT2D eigenvalue weighted by Gasteiger charge is 2.17. The first kappa shape index (κ1) is 16.9. The van der Waals surface area contributed by atoms with Gasteiger partial charge in [0.15, 0.2) is 5.76 Å². The molecule has 0 saturated heterocycles. The molecule has 0 radical (unpaired) electrons. The number of rotatable bonds is 4. The smallest absolute Gasteiger partial charge is 0.330 e. The van der Waals surface area contributed by atoms with Gasteiger partial charge in [0.25, 0.3) is 0 Å². The fraction of sp³-hybridized carbons (Fsp3) is 0.158. The molecule has 0 amide bonds. The summed E-state index contributed by atoms with van der Waals surface area (Å²) in [7, 11) is 0. The highest BCUT2D eigenvalue weighted by molar-refractivity contribution is 7.12. The third-order valence-corrected chi connectivity index (χ3v) is 4.55. The summed E-state index contributed by atoms with van der Waals surface area (Å²) in [6.07, 6.45) is 1.41.